The van der Waals surface area contributed by atoms with Crippen LogP contribution < -0.4 is 0 Å². The summed E-state index contributed by atoms with van der Waals surface area (Å²) in [4.78, 5) is 25.8. The molecule has 1 aromatic rings. The van der Waals surface area contributed by atoms with Gasteiger partial charge in [0.1, 0.15) is 0 Å². The lowest BCUT2D eigenvalue weighted by molar-refractivity contribution is -0.151. The van der Waals surface area contributed by atoms with E-state index in [1.54, 1.807) is 30.3 Å². The number of nitrogens with zero attached hydrogens (tertiary/aromatic N) is 2. The minimum Gasteiger partial charge on any atom is -0.452 e. The van der Waals surface area contributed by atoms with Crippen molar-refractivity contribution in [2.24, 2.45) is 0 Å². The number of hydrogen-bond donors (Lipinski definition) is 0. The van der Waals surface area contributed by atoms with Crippen molar-refractivity contribution in [3.63, 3.8) is 0 Å². The summed E-state index contributed by atoms with van der Waals surface area (Å²) < 4.78 is 5.05. The van der Waals surface area contributed by atoms with E-state index < -0.39 is 5.97 Å². The molecule has 0 saturated carbocycles. The van der Waals surface area contributed by atoms with Crippen LogP contribution in [-0.2, 0) is 14.3 Å². The van der Waals surface area contributed by atoms with Gasteiger partial charge in [-0.25, -0.2) is 4.79 Å². The first-order valence-electron chi connectivity index (χ1n) is 8.17. The summed E-state index contributed by atoms with van der Waals surface area (Å²) in [6, 6.07) is 9.24. The number of nitriles is 1. The normalized spacial score (nSPS) is 20.6. The van der Waals surface area contributed by atoms with Gasteiger partial charge in [-0.05, 0) is 56.9 Å². The first-order chi connectivity index (χ1) is 11.5. The largest absolute Gasteiger partial charge is 0.452 e. The second-order valence-corrected chi connectivity index (χ2v) is 6.10. The maximum atomic E-state index is 12.3. The Kier molecular flexibility index (Phi) is 6.14. The molecule has 1 fully saturated rings. The average Bonchev–Trinajstić information content (AvgIpc) is 2.58. The molecular formula is C19H22N2O3. The van der Waals surface area contributed by atoms with Crippen molar-refractivity contribution in [2.45, 2.75) is 45.2 Å². The van der Waals surface area contributed by atoms with Gasteiger partial charge in [0.15, 0.2) is 6.61 Å². The first kappa shape index (κ1) is 17.7. The predicted molar refractivity (Wildman–Crippen MR) is 90.8 cm³/mol. The van der Waals surface area contributed by atoms with Gasteiger partial charge in [-0.2, -0.15) is 5.26 Å². The van der Waals surface area contributed by atoms with Crippen LogP contribution in [0.5, 0.6) is 0 Å². The van der Waals surface area contributed by atoms with Gasteiger partial charge in [-0.3, -0.25) is 4.79 Å². The molecule has 0 radical (unpaired) electrons. The molecule has 1 aliphatic heterocycles. The van der Waals surface area contributed by atoms with Gasteiger partial charge in [0.25, 0.3) is 5.91 Å². The summed E-state index contributed by atoms with van der Waals surface area (Å²) in [5, 5.41) is 8.74. The molecule has 0 bridgehead atoms. The van der Waals surface area contributed by atoms with Crippen molar-refractivity contribution in [3.05, 3.63) is 41.5 Å². The molecule has 0 spiro atoms. The third-order valence-corrected chi connectivity index (χ3v) is 4.27. The van der Waals surface area contributed by atoms with E-state index in [1.165, 1.54) is 6.08 Å². The molecule has 1 amide bonds. The Morgan fingerprint density at radius 3 is 2.46 bits per heavy atom. The number of hydrogen-bond acceptors (Lipinski definition) is 4. The van der Waals surface area contributed by atoms with E-state index >= 15 is 0 Å². The highest BCUT2D eigenvalue weighted by atomic mass is 16.5. The Labute approximate surface area is 142 Å². The van der Waals surface area contributed by atoms with Crippen LogP contribution in [0.3, 0.4) is 0 Å². The van der Waals surface area contributed by atoms with Crippen LogP contribution in [0, 0.1) is 11.3 Å². The van der Waals surface area contributed by atoms with Crippen molar-refractivity contribution in [3.8, 4) is 6.07 Å². The molecule has 0 aliphatic carbocycles. The topological polar surface area (TPSA) is 70.4 Å². The first-order valence-corrected chi connectivity index (χ1v) is 8.17. The monoisotopic (exact) mass is 326 g/mol. The van der Waals surface area contributed by atoms with E-state index in [2.05, 4.69) is 0 Å². The highest BCUT2D eigenvalue weighted by Gasteiger charge is 2.29. The zero-order valence-electron chi connectivity index (χ0n) is 14.1. The van der Waals surface area contributed by atoms with E-state index in [-0.39, 0.29) is 24.6 Å². The lowest BCUT2D eigenvalue weighted by Crippen LogP contribution is -2.49. The third kappa shape index (κ3) is 4.69. The van der Waals surface area contributed by atoms with Crippen LogP contribution >= 0.6 is 0 Å². The van der Waals surface area contributed by atoms with E-state index in [9.17, 15) is 9.59 Å². The van der Waals surface area contributed by atoms with Crippen molar-refractivity contribution < 1.29 is 14.3 Å². The van der Waals surface area contributed by atoms with Gasteiger partial charge < -0.3 is 9.64 Å². The van der Waals surface area contributed by atoms with Crippen molar-refractivity contribution >= 4 is 18.0 Å². The van der Waals surface area contributed by atoms with E-state index in [1.807, 2.05) is 24.8 Å². The smallest absolute Gasteiger partial charge is 0.331 e. The van der Waals surface area contributed by atoms with Gasteiger partial charge in [-0.1, -0.05) is 12.1 Å². The summed E-state index contributed by atoms with van der Waals surface area (Å²) in [6.07, 6.45) is 5.99. The Bertz CT molecular complexity index is 648. The molecule has 24 heavy (non-hydrogen) atoms. The van der Waals surface area contributed by atoms with Gasteiger partial charge in [0.05, 0.1) is 11.6 Å². The molecule has 1 aromatic carbocycles. The number of amides is 1. The van der Waals surface area contributed by atoms with E-state index in [4.69, 9.17) is 10.00 Å². The van der Waals surface area contributed by atoms with Gasteiger partial charge in [0, 0.05) is 18.2 Å². The minimum atomic E-state index is -0.551. The van der Waals surface area contributed by atoms with Crippen LogP contribution in [-0.4, -0.2) is 35.5 Å². The number of esters is 1. The second-order valence-electron chi connectivity index (χ2n) is 6.10. The fourth-order valence-electron chi connectivity index (χ4n) is 3.00. The fourth-order valence-corrected chi connectivity index (χ4v) is 3.00. The maximum Gasteiger partial charge on any atom is 0.331 e. The number of carbonyl (C=O) groups excluding carboxylic acids is 2. The molecule has 2 atom stereocenters. The highest BCUT2D eigenvalue weighted by Crippen LogP contribution is 2.22. The fraction of sp³-hybridized carbons (Fsp3) is 0.421. The molecular weight excluding hydrogens is 304 g/mol. The van der Waals surface area contributed by atoms with Crippen LogP contribution in [0.4, 0.5) is 0 Å². The summed E-state index contributed by atoms with van der Waals surface area (Å²) >= 11 is 0. The molecule has 126 valence electrons. The number of rotatable bonds is 4. The van der Waals surface area contributed by atoms with Crippen molar-refractivity contribution in [1.82, 2.24) is 4.90 Å². The second kappa shape index (κ2) is 8.30. The predicted octanol–water partition coefficient (Wildman–Crippen LogP) is 2.90. The summed E-state index contributed by atoms with van der Waals surface area (Å²) in [5.74, 6) is -0.695. The molecule has 5 nitrogen and oxygen atoms in total. The molecule has 0 N–H and O–H groups in total. The summed E-state index contributed by atoms with van der Waals surface area (Å²) in [6.45, 7) is 3.82. The van der Waals surface area contributed by atoms with E-state index in [0.717, 1.165) is 24.8 Å². The quantitative estimate of drug-likeness (QED) is 0.630. The highest BCUT2D eigenvalue weighted by molar-refractivity contribution is 5.89. The number of benzene rings is 1. The molecule has 1 saturated heterocycles. The van der Waals surface area contributed by atoms with Gasteiger partial charge in [0.2, 0.25) is 0 Å². The molecule has 1 aliphatic rings. The Morgan fingerprint density at radius 2 is 1.88 bits per heavy atom. The molecule has 2 rings (SSSR count). The van der Waals surface area contributed by atoms with Crippen LogP contribution in [0.1, 0.15) is 44.2 Å². The van der Waals surface area contributed by atoms with E-state index in [0.29, 0.717) is 5.56 Å². The average molecular weight is 326 g/mol. The Hall–Kier alpha value is -2.61. The maximum absolute atomic E-state index is 12.3. The van der Waals surface area contributed by atoms with Crippen molar-refractivity contribution in [1.29, 1.82) is 5.26 Å². The van der Waals surface area contributed by atoms with Crippen molar-refractivity contribution in [2.75, 3.05) is 6.61 Å². The number of carbonyl (C=O) groups is 2. The Morgan fingerprint density at radius 1 is 1.25 bits per heavy atom. The van der Waals surface area contributed by atoms with Crippen LogP contribution in [0.2, 0.25) is 0 Å². The number of ether oxygens (including phenoxy) is 1. The SMILES string of the molecule is C[C@@H]1CCC[C@@H](C)N1C(=O)COC(=O)/C=C/c1ccc(C#N)cc1. The number of likely N-dealkylation sites (tertiary alicyclic amines) is 1. The standard InChI is InChI=1S/C19H22N2O3/c1-14-4-3-5-15(2)21(14)18(22)13-24-19(23)11-10-16-6-8-17(12-20)9-7-16/h6-11,14-15H,3-5,13H2,1-2H3/b11-10+/t14-,15-/m1/s1. The minimum absolute atomic E-state index is 0.144. The third-order valence-electron chi connectivity index (χ3n) is 4.27. The van der Waals surface area contributed by atoms with Gasteiger partial charge in [-0.15, -0.1) is 0 Å². The lowest BCUT2D eigenvalue weighted by atomic mass is 9.97. The van der Waals surface area contributed by atoms with Crippen LogP contribution in [0.15, 0.2) is 30.3 Å². The Balaban J connectivity index is 1.84. The lowest BCUT2D eigenvalue weighted by Gasteiger charge is -2.38. The zero-order chi connectivity index (χ0) is 17.5. The van der Waals surface area contributed by atoms with Crippen LogP contribution in [0.25, 0.3) is 6.08 Å². The zero-order valence-corrected chi connectivity index (χ0v) is 14.1. The molecule has 1 heterocycles. The summed E-state index contributed by atoms with van der Waals surface area (Å²) in [7, 11) is 0. The molecule has 0 aromatic heterocycles. The number of piperidine rings is 1. The van der Waals surface area contributed by atoms with Gasteiger partial charge >= 0.3 is 5.97 Å². The molecule has 0 unspecified atom stereocenters. The molecule has 5 heteroatoms. The summed E-state index contributed by atoms with van der Waals surface area (Å²) in [5.41, 5.74) is 1.35.